The number of rotatable bonds is 6. The van der Waals surface area contributed by atoms with Crippen LogP contribution >= 0.6 is 0 Å². The van der Waals surface area contributed by atoms with Crippen LogP contribution in [0.3, 0.4) is 0 Å². The van der Waals surface area contributed by atoms with Gasteiger partial charge in [-0.15, -0.1) is 0 Å². The smallest absolute Gasteiger partial charge is 0.221 e. The van der Waals surface area contributed by atoms with E-state index in [1.165, 1.54) is 18.5 Å². The second-order valence-corrected chi connectivity index (χ2v) is 7.06. The van der Waals surface area contributed by atoms with Crippen molar-refractivity contribution in [3.63, 3.8) is 0 Å². The summed E-state index contributed by atoms with van der Waals surface area (Å²) in [5, 5.41) is 6.48. The van der Waals surface area contributed by atoms with E-state index in [0.717, 1.165) is 44.7 Å². The minimum Gasteiger partial charge on any atom is -0.385 e. The third kappa shape index (κ3) is 4.87. The SMILES string of the molecule is CN1CCN(c2ccc(NCCC(=O)NC3CCCC3)cc2)CC1. The number of anilines is 2. The van der Waals surface area contributed by atoms with E-state index in [1.54, 1.807) is 0 Å². The van der Waals surface area contributed by atoms with Gasteiger partial charge >= 0.3 is 0 Å². The van der Waals surface area contributed by atoms with Crippen molar-refractivity contribution >= 4 is 17.3 Å². The van der Waals surface area contributed by atoms with Crippen molar-refractivity contribution in [3.8, 4) is 0 Å². The second kappa shape index (κ2) is 8.38. The number of nitrogens with one attached hydrogen (secondary N) is 2. The van der Waals surface area contributed by atoms with Gasteiger partial charge in [-0.3, -0.25) is 4.79 Å². The fourth-order valence-corrected chi connectivity index (χ4v) is 3.55. The topological polar surface area (TPSA) is 47.6 Å². The Hall–Kier alpha value is -1.75. The minimum atomic E-state index is 0.170. The Kier molecular flexibility index (Phi) is 5.96. The summed E-state index contributed by atoms with van der Waals surface area (Å²) in [6, 6.07) is 8.99. The van der Waals surface area contributed by atoms with Gasteiger partial charge in [-0.1, -0.05) is 12.8 Å². The number of amides is 1. The summed E-state index contributed by atoms with van der Waals surface area (Å²) in [7, 11) is 2.17. The first-order valence-electron chi connectivity index (χ1n) is 9.27. The molecule has 24 heavy (non-hydrogen) atoms. The van der Waals surface area contributed by atoms with Crippen LogP contribution in [-0.2, 0) is 4.79 Å². The Morgan fingerprint density at radius 1 is 1.08 bits per heavy atom. The van der Waals surface area contributed by atoms with E-state index in [4.69, 9.17) is 0 Å². The zero-order valence-electron chi connectivity index (χ0n) is 14.8. The highest BCUT2D eigenvalue weighted by atomic mass is 16.1. The lowest BCUT2D eigenvalue weighted by molar-refractivity contribution is -0.121. The number of piperazine rings is 1. The van der Waals surface area contributed by atoms with Gasteiger partial charge in [0.1, 0.15) is 0 Å². The van der Waals surface area contributed by atoms with Gasteiger partial charge in [-0.05, 0) is 44.2 Å². The van der Waals surface area contributed by atoms with Crippen molar-refractivity contribution in [1.82, 2.24) is 10.2 Å². The van der Waals surface area contributed by atoms with Crippen LogP contribution in [0.4, 0.5) is 11.4 Å². The van der Waals surface area contributed by atoms with Crippen molar-refractivity contribution in [2.45, 2.75) is 38.1 Å². The largest absolute Gasteiger partial charge is 0.385 e. The molecule has 1 heterocycles. The predicted octanol–water partition coefficient (Wildman–Crippen LogP) is 2.30. The highest BCUT2D eigenvalue weighted by molar-refractivity contribution is 5.76. The summed E-state index contributed by atoms with van der Waals surface area (Å²) in [4.78, 5) is 16.7. The maximum Gasteiger partial charge on any atom is 0.221 e. The molecule has 1 aliphatic heterocycles. The molecule has 0 atom stereocenters. The summed E-state index contributed by atoms with van der Waals surface area (Å²) >= 11 is 0. The van der Waals surface area contributed by atoms with Crippen molar-refractivity contribution < 1.29 is 4.79 Å². The third-order valence-electron chi connectivity index (χ3n) is 5.14. The van der Waals surface area contributed by atoms with Crippen LogP contribution in [0.1, 0.15) is 32.1 Å². The van der Waals surface area contributed by atoms with Crippen LogP contribution in [0.25, 0.3) is 0 Å². The number of carbonyl (C=O) groups excluding carboxylic acids is 1. The standard InChI is InChI=1S/C19H30N4O/c1-22-12-14-23(15-13-22)18-8-6-16(7-9-18)20-11-10-19(24)21-17-4-2-3-5-17/h6-9,17,20H,2-5,10-15H2,1H3,(H,21,24). The summed E-state index contributed by atoms with van der Waals surface area (Å²) < 4.78 is 0. The number of likely N-dealkylation sites (N-methyl/N-ethyl adjacent to an activating group) is 1. The molecule has 1 aliphatic carbocycles. The molecule has 2 aliphatic rings. The van der Waals surface area contributed by atoms with Gasteiger partial charge in [-0.2, -0.15) is 0 Å². The Bertz CT molecular complexity index is 517. The summed E-state index contributed by atoms with van der Waals surface area (Å²) in [6.45, 7) is 5.11. The molecule has 0 radical (unpaired) electrons. The molecular weight excluding hydrogens is 300 g/mol. The summed E-state index contributed by atoms with van der Waals surface area (Å²) in [6.07, 6.45) is 5.34. The number of hydrogen-bond donors (Lipinski definition) is 2. The zero-order valence-corrected chi connectivity index (χ0v) is 14.8. The number of hydrogen-bond acceptors (Lipinski definition) is 4. The van der Waals surface area contributed by atoms with E-state index in [2.05, 4.69) is 51.7 Å². The van der Waals surface area contributed by atoms with E-state index in [9.17, 15) is 4.79 Å². The Morgan fingerprint density at radius 2 is 1.75 bits per heavy atom. The van der Waals surface area contributed by atoms with Gasteiger partial charge in [0.2, 0.25) is 5.91 Å². The van der Waals surface area contributed by atoms with Crippen LogP contribution in [-0.4, -0.2) is 56.6 Å². The first kappa shape index (κ1) is 17.1. The highest BCUT2D eigenvalue weighted by Crippen LogP contribution is 2.19. The molecule has 0 unspecified atom stereocenters. The van der Waals surface area contributed by atoms with Crippen LogP contribution in [0.5, 0.6) is 0 Å². The van der Waals surface area contributed by atoms with Crippen LogP contribution in [0.2, 0.25) is 0 Å². The molecule has 0 aromatic heterocycles. The predicted molar refractivity (Wildman–Crippen MR) is 99.7 cm³/mol. The molecule has 0 bridgehead atoms. The molecule has 2 fully saturated rings. The molecule has 3 rings (SSSR count). The molecule has 1 aromatic carbocycles. The Morgan fingerprint density at radius 3 is 2.42 bits per heavy atom. The molecule has 0 spiro atoms. The van der Waals surface area contributed by atoms with Gasteiger partial charge in [0, 0.05) is 56.6 Å². The molecule has 1 saturated carbocycles. The van der Waals surface area contributed by atoms with Crippen molar-refractivity contribution in [1.29, 1.82) is 0 Å². The van der Waals surface area contributed by atoms with Gasteiger partial charge < -0.3 is 20.4 Å². The molecule has 2 N–H and O–H groups in total. The highest BCUT2D eigenvalue weighted by Gasteiger charge is 2.17. The summed E-state index contributed by atoms with van der Waals surface area (Å²) in [5.41, 5.74) is 2.37. The number of nitrogens with zero attached hydrogens (tertiary/aromatic N) is 2. The number of carbonyl (C=O) groups is 1. The maximum atomic E-state index is 11.9. The first-order valence-corrected chi connectivity index (χ1v) is 9.27. The third-order valence-corrected chi connectivity index (χ3v) is 5.14. The molecular formula is C19H30N4O. The fourth-order valence-electron chi connectivity index (χ4n) is 3.55. The molecule has 1 saturated heterocycles. The Labute approximate surface area is 145 Å². The lowest BCUT2D eigenvalue weighted by Crippen LogP contribution is -2.44. The maximum absolute atomic E-state index is 11.9. The molecule has 1 aromatic rings. The minimum absolute atomic E-state index is 0.170. The summed E-state index contributed by atoms with van der Waals surface area (Å²) in [5.74, 6) is 0.170. The average molecular weight is 330 g/mol. The molecule has 1 amide bonds. The molecule has 5 heteroatoms. The zero-order chi connectivity index (χ0) is 16.8. The lowest BCUT2D eigenvalue weighted by atomic mass is 10.2. The molecule has 132 valence electrons. The van der Waals surface area contributed by atoms with Crippen LogP contribution in [0, 0.1) is 0 Å². The molecule has 5 nitrogen and oxygen atoms in total. The van der Waals surface area contributed by atoms with Crippen LogP contribution < -0.4 is 15.5 Å². The van der Waals surface area contributed by atoms with E-state index in [1.807, 2.05) is 0 Å². The van der Waals surface area contributed by atoms with Gasteiger partial charge in [0.25, 0.3) is 0 Å². The Balaban J connectivity index is 1.38. The van der Waals surface area contributed by atoms with Crippen molar-refractivity contribution in [2.24, 2.45) is 0 Å². The lowest BCUT2D eigenvalue weighted by Gasteiger charge is -2.34. The van der Waals surface area contributed by atoms with E-state index in [-0.39, 0.29) is 5.91 Å². The quantitative estimate of drug-likeness (QED) is 0.840. The van der Waals surface area contributed by atoms with Crippen molar-refractivity contribution in [3.05, 3.63) is 24.3 Å². The van der Waals surface area contributed by atoms with Crippen molar-refractivity contribution in [2.75, 3.05) is 50.0 Å². The number of benzene rings is 1. The normalized spacial score (nSPS) is 19.5. The first-order chi connectivity index (χ1) is 11.7. The van der Waals surface area contributed by atoms with E-state index in [0.29, 0.717) is 19.0 Å². The van der Waals surface area contributed by atoms with Gasteiger partial charge in [-0.25, -0.2) is 0 Å². The monoisotopic (exact) mass is 330 g/mol. The van der Waals surface area contributed by atoms with E-state index < -0.39 is 0 Å². The fraction of sp³-hybridized carbons (Fsp3) is 0.632. The second-order valence-electron chi connectivity index (χ2n) is 7.06. The van der Waals surface area contributed by atoms with Gasteiger partial charge in [0.15, 0.2) is 0 Å². The van der Waals surface area contributed by atoms with E-state index >= 15 is 0 Å². The van der Waals surface area contributed by atoms with Crippen LogP contribution in [0.15, 0.2) is 24.3 Å². The van der Waals surface area contributed by atoms with Gasteiger partial charge in [0.05, 0.1) is 0 Å². The average Bonchev–Trinajstić information content (AvgIpc) is 3.09.